The molecular formula is C11H14BrFN2. The second kappa shape index (κ2) is 4.58. The monoisotopic (exact) mass is 272 g/mol. The van der Waals surface area contributed by atoms with E-state index in [1.165, 1.54) is 0 Å². The van der Waals surface area contributed by atoms with Crippen LogP contribution in [-0.2, 0) is 6.42 Å². The fraction of sp³-hybridized carbons (Fsp3) is 0.545. The van der Waals surface area contributed by atoms with Crippen molar-refractivity contribution in [3.63, 3.8) is 0 Å². The summed E-state index contributed by atoms with van der Waals surface area (Å²) in [5, 5.41) is 3.17. The van der Waals surface area contributed by atoms with E-state index in [0.717, 1.165) is 23.3 Å². The van der Waals surface area contributed by atoms with Gasteiger partial charge in [0.05, 0.1) is 0 Å². The molecule has 1 fully saturated rings. The summed E-state index contributed by atoms with van der Waals surface area (Å²) in [5.41, 5.74) is -0.228. The zero-order chi connectivity index (χ0) is 10.7. The number of alkyl halides is 1. The highest BCUT2D eigenvalue weighted by molar-refractivity contribution is 9.10. The van der Waals surface area contributed by atoms with Crippen molar-refractivity contribution in [2.24, 2.45) is 0 Å². The summed E-state index contributed by atoms with van der Waals surface area (Å²) in [6.07, 6.45) is 3.33. The van der Waals surface area contributed by atoms with E-state index in [1.807, 2.05) is 12.1 Å². The molecule has 2 heterocycles. The van der Waals surface area contributed by atoms with Crippen molar-refractivity contribution in [1.29, 1.82) is 0 Å². The third-order valence-electron chi connectivity index (χ3n) is 2.79. The van der Waals surface area contributed by atoms with Gasteiger partial charge >= 0.3 is 0 Å². The number of aromatic nitrogens is 1. The second-order valence-corrected chi connectivity index (χ2v) is 4.96. The lowest BCUT2D eigenvalue weighted by atomic mass is 9.89. The van der Waals surface area contributed by atoms with Gasteiger partial charge in [0.15, 0.2) is 0 Å². The molecule has 1 aliphatic heterocycles. The highest BCUT2D eigenvalue weighted by Crippen LogP contribution is 2.27. The third-order valence-corrected chi connectivity index (χ3v) is 3.26. The van der Waals surface area contributed by atoms with E-state index in [4.69, 9.17) is 0 Å². The van der Waals surface area contributed by atoms with E-state index in [1.54, 1.807) is 6.20 Å². The number of hydrogen-bond acceptors (Lipinski definition) is 2. The van der Waals surface area contributed by atoms with Crippen LogP contribution >= 0.6 is 15.9 Å². The van der Waals surface area contributed by atoms with E-state index in [9.17, 15) is 4.39 Å². The van der Waals surface area contributed by atoms with Crippen LogP contribution in [0.3, 0.4) is 0 Å². The molecule has 2 nitrogen and oxygen atoms in total. The van der Waals surface area contributed by atoms with Gasteiger partial charge in [0.2, 0.25) is 0 Å². The molecule has 0 aromatic carbocycles. The summed E-state index contributed by atoms with van der Waals surface area (Å²) in [6, 6.07) is 3.79. The highest BCUT2D eigenvalue weighted by atomic mass is 79.9. The number of halogens is 2. The van der Waals surface area contributed by atoms with E-state index in [2.05, 4.69) is 26.2 Å². The SMILES string of the molecule is FC1(Cc2ccc(Br)cn2)CCNCC1. The zero-order valence-corrected chi connectivity index (χ0v) is 10.1. The molecule has 0 spiro atoms. The first-order valence-electron chi connectivity index (χ1n) is 5.18. The van der Waals surface area contributed by atoms with Gasteiger partial charge in [-0.1, -0.05) is 0 Å². The van der Waals surface area contributed by atoms with Crippen molar-refractivity contribution in [3.8, 4) is 0 Å². The summed E-state index contributed by atoms with van der Waals surface area (Å²) in [4.78, 5) is 4.21. The largest absolute Gasteiger partial charge is 0.316 e. The standard InChI is InChI=1S/C11H14BrFN2/c12-9-1-2-10(15-8-9)7-11(13)3-5-14-6-4-11/h1-2,8,14H,3-7H2. The Kier molecular flexibility index (Phi) is 3.36. The van der Waals surface area contributed by atoms with Gasteiger partial charge in [-0.05, 0) is 54.0 Å². The van der Waals surface area contributed by atoms with E-state index in [0.29, 0.717) is 19.3 Å². The number of hydrogen-bond donors (Lipinski definition) is 1. The fourth-order valence-corrected chi connectivity index (χ4v) is 2.12. The van der Waals surface area contributed by atoms with Crippen molar-refractivity contribution < 1.29 is 4.39 Å². The maximum absolute atomic E-state index is 14.3. The molecule has 1 saturated heterocycles. The predicted molar refractivity (Wildman–Crippen MR) is 61.6 cm³/mol. The lowest BCUT2D eigenvalue weighted by molar-refractivity contribution is 0.115. The molecule has 1 aromatic rings. The Balaban J connectivity index is 2.03. The maximum atomic E-state index is 14.3. The number of pyridine rings is 1. The van der Waals surface area contributed by atoms with Crippen LogP contribution in [-0.4, -0.2) is 23.7 Å². The molecule has 0 saturated carbocycles. The van der Waals surface area contributed by atoms with Gasteiger partial charge in [0, 0.05) is 22.8 Å². The average Bonchev–Trinajstić information content (AvgIpc) is 2.22. The molecule has 0 aliphatic carbocycles. The summed E-state index contributed by atoms with van der Waals surface area (Å²) in [6.45, 7) is 1.54. The molecule has 82 valence electrons. The fourth-order valence-electron chi connectivity index (χ4n) is 1.89. The lowest BCUT2D eigenvalue weighted by Gasteiger charge is -2.29. The second-order valence-electron chi connectivity index (χ2n) is 4.05. The Morgan fingerprint density at radius 3 is 2.73 bits per heavy atom. The van der Waals surface area contributed by atoms with Crippen molar-refractivity contribution >= 4 is 15.9 Å². The van der Waals surface area contributed by atoms with Crippen LogP contribution in [0.1, 0.15) is 18.5 Å². The Labute approximate surface area is 97.4 Å². The van der Waals surface area contributed by atoms with Gasteiger partial charge in [-0.15, -0.1) is 0 Å². The van der Waals surface area contributed by atoms with Gasteiger partial charge in [-0.3, -0.25) is 4.98 Å². The molecule has 15 heavy (non-hydrogen) atoms. The van der Waals surface area contributed by atoms with Crippen molar-refractivity contribution in [2.45, 2.75) is 24.9 Å². The Morgan fingerprint density at radius 2 is 2.13 bits per heavy atom. The lowest BCUT2D eigenvalue weighted by Crippen LogP contribution is -2.40. The Bertz CT molecular complexity index is 320. The molecule has 0 radical (unpaired) electrons. The van der Waals surface area contributed by atoms with Gasteiger partial charge in [0.25, 0.3) is 0 Å². The average molecular weight is 273 g/mol. The van der Waals surface area contributed by atoms with Crippen LogP contribution in [0, 0.1) is 0 Å². The topological polar surface area (TPSA) is 24.9 Å². The maximum Gasteiger partial charge on any atom is 0.119 e. The van der Waals surface area contributed by atoms with Crippen LogP contribution in [0.15, 0.2) is 22.8 Å². The van der Waals surface area contributed by atoms with E-state index >= 15 is 0 Å². The smallest absolute Gasteiger partial charge is 0.119 e. The van der Waals surface area contributed by atoms with Crippen LogP contribution in [0.5, 0.6) is 0 Å². The van der Waals surface area contributed by atoms with E-state index in [-0.39, 0.29) is 0 Å². The van der Waals surface area contributed by atoms with Gasteiger partial charge in [0.1, 0.15) is 5.67 Å². The van der Waals surface area contributed by atoms with Crippen molar-refractivity contribution in [3.05, 3.63) is 28.5 Å². The predicted octanol–water partition coefficient (Wildman–Crippen LogP) is 2.48. The normalized spacial score (nSPS) is 20.1. The minimum absolute atomic E-state index is 0.432. The summed E-state index contributed by atoms with van der Waals surface area (Å²) in [7, 11) is 0. The molecule has 2 rings (SSSR count). The number of nitrogens with zero attached hydrogens (tertiary/aromatic N) is 1. The zero-order valence-electron chi connectivity index (χ0n) is 8.47. The molecular weight excluding hydrogens is 259 g/mol. The van der Waals surface area contributed by atoms with Crippen LogP contribution in [0.2, 0.25) is 0 Å². The quantitative estimate of drug-likeness (QED) is 0.895. The molecule has 0 bridgehead atoms. The van der Waals surface area contributed by atoms with Gasteiger partial charge < -0.3 is 5.32 Å². The molecule has 4 heteroatoms. The molecule has 0 atom stereocenters. The third kappa shape index (κ3) is 2.98. The first kappa shape index (κ1) is 11.0. The molecule has 0 amide bonds. The van der Waals surface area contributed by atoms with Gasteiger partial charge in [-0.2, -0.15) is 0 Å². The van der Waals surface area contributed by atoms with Crippen LogP contribution < -0.4 is 5.32 Å². The molecule has 0 unspecified atom stereocenters. The summed E-state index contributed by atoms with van der Waals surface area (Å²) >= 11 is 3.32. The van der Waals surface area contributed by atoms with E-state index < -0.39 is 5.67 Å². The van der Waals surface area contributed by atoms with Crippen molar-refractivity contribution in [1.82, 2.24) is 10.3 Å². The summed E-state index contributed by atoms with van der Waals surface area (Å²) < 4.78 is 15.2. The Morgan fingerprint density at radius 1 is 1.40 bits per heavy atom. The first-order valence-corrected chi connectivity index (χ1v) is 5.97. The Hall–Kier alpha value is -0.480. The highest BCUT2D eigenvalue weighted by Gasteiger charge is 2.32. The molecule has 1 aromatic heterocycles. The number of piperidine rings is 1. The molecule has 1 N–H and O–H groups in total. The first-order chi connectivity index (χ1) is 7.18. The number of rotatable bonds is 2. The van der Waals surface area contributed by atoms with Gasteiger partial charge in [-0.25, -0.2) is 4.39 Å². The minimum Gasteiger partial charge on any atom is -0.316 e. The van der Waals surface area contributed by atoms with Crippen LogP contribution in [0.4, 0.5) is 4.39 Å². The summed E-state index contributed by atoms with van der Waals surface area (Å²) in [5.74, 6) is 0. The molecule has 1 aliphatic rings. The minimum atomic E-state index is -1.06. The number of nitrogens with one attached hydrogen (secondary N) is 1. The van der Waals surface area contributed by atoms with Crippen LogP contribution in [0.25, 0.3) is 0 Å². The van der Waals surface area contributed by atoms with Crippen molar-refractivity contribution in [2.75, 3.05) is 13.1 Å².